The maximum Gasteiger partial charge on any atom is 0.119 e. The van der Waals surface area contributed by atoms with E-state index in [1.54, 1.807) is 0 Å². The molecule has 0 saturated carbocycles. The molecule has 1 fully saturated rings. The Morgan fingerprint density at radius 3 is 2.38 bits per heavy atom. The summed E-state index contributed by atoms with van der Waals surface area (Å²) >= 11 is 0. The van der Waals surface area contributed by atoms with Crippen LogP contribution < -0.4 is 10.2 Å². The largest absolute Gasteiger partial charge is 0.492 e. The number of hydrogen-bond acceptors (Lipinski definition) is 5. The van der Waals surface area contributed by atoms with Crippen molar-refractivity contribution >= 4 is 0 Å². The van der Waals surface area contributed by atoms with Crippen LogP contribution in [0.2, 0.25) is 0 Å². The van der Waals surface area contributed by atoms with Crippen molar-refractivity contribution in [1.82, 2.24) is 10.4 Å². The van der Waals surface area contributed by atoms with Gasteiger partial charge in [-0.25, -0.2) is 0 Å². The van der Waals surface area contributed by atoms with Crippen LogP contribution >= 0.6 is 0 Å². The molecule has 0 aliphatic carbocycles. The van der Waals surface area contributed by atoms with Crippen molar-refractivity contribution in [2.24, 2.45) is 0 Å². The fourth-order valence-corrected chi connectivity index (χ4v) is 3.18. The molecule has 3 rings (SSSR count). The van der Waals surface area contributed by atoms with E-state index in [1.807, 2.05) is 54.6 Å². The van der Waals surface area contributed by atoms with E-state index in [0.29, 0.717) is 12.3 Å². The van der Waals surface area contributed by atoms with E-state index in [0.717, 1.165) is 49.7 Å². The lowest BCUT2D eigenvalue weighted by atomic mass is 9.89. The van der Waals surface area contributed by atoms with Crippen molar-refractivity contribution in [2.45, 2.75) is 5.92 Å². The lowest BCUT2D eigenvalue weighted by Gasteiger charge is -2.26. The molecule has 0 radical (unpaired) electrons. The number of rotatable bonds is 8. The predicted octanol–water partition coefficient (Wildman–Crippen LogP) is 3.02. The molecule has 1 aliphatic heterocycles. The van der Waals surface area contributed by atoms with Gasteiger partial charge in [-0.1, -0.05) is 49.0 Å². The second kappa shape index (κ2) is 9.38. The highest BCUT2D eigenvalue weighted by atomic mass is 16.5. The summed E-state index contributed by atoms with van der Waals surface area (Å²) in [6, 6.07) is 18.0. The Balaban J connectivity index is 1.62. The lowest BCUT2D eigenvalue weighted by Crippen LogP contribution is -2.38. The first-order chi connectivity index (χ1) is 12.8. The fraction of sp³-hybridized carbons (Fsp3) is 0.333. The smallest absolute Gasteiger partial charge is 0.119 e. The number of hydroxylamine groups is 1. The molecule has 0 amide bonds. The van der Waals surface area contributed by atoms with E-state index in [4.69, 9.17) is 9.47 Å². The van der Waals surface area contributed by atoms with Gasteiger partial charge in [-0.05, 0) is 23.3 Å². The van der Waals surface area contributed by atoms with E-state index < -0.39 is 0 Å². The molecular weight excluding hydrogens is 328 g/mol. The Morgan fingerprint density at radius 1 is 1.08 bits per heavy atom. The number of nitrogens with one attached hydrogen (secondary N) is 1. The van der Waals surface area contributed by atoms with Gasteiger partial charge in [0.1, 0.15) is 12.4 Å². The Morgan fingerprint density at radius 2 is 1.73 bits per heavy atom. The highest BCUT2D eigenvalue weighted by molar-refractivity contribution is 5.41. The van der Waals surface area contributed by atoms with Gasteiger partial charge in [0.15, 0.2) is 0 Å². The van der Waals surface area contributed by atoms with Crippen molar-refractivity contribution in [2.75, 3.05) is 39.5 Å². The minimum absolute atomic E-state index is 0.122. The standard InChI is InChI=1S/C21H26N2O3/c1-17(22-24)21(18-5-3-2-4-6-18)19-7-9-20(10-8-19)26-16-13-23-11-14-25-15-12-23/h2-10,21-22,24H,1,11-16H2. The first-order valence-electron chi connectivity index (χ1n) is 8.94. The van der Waals surface area contributed by atoms with Crippen LogP contribution in [0.5, 0.6) is 5.75 Å². The molecule has 2 aromatic carbocycles. The average Bonchev–Trinajstić information content (AvgIpc) is 2.71. The van der Waals surface area contributed by atoms with Crippen LogP contribution in [-0.4, -0.2) is 49.6 Å². The van der Waals surface area contributed by atoms with Gasteiger partial charge < -0.3 is 9.47 Å². The van der Waals surface area contributed by atoms with Gasteiger partial charge in [0.2, 0.25) is 0 Å². The summed E-state index contributed by atoms with van der Waals surface area (Å²) in [4.78, 5) is 2.35. The van der Waals surface area contributed by atoms with Crippen LogP contribution in [0.3, 0.4) is 0 Å². The summed E-state index contributed by atoms with van der Waals surface area (Å²) in [5, 5.41) is 9.33. The van der Waals surface area contributed by atoms with Crippen molar-refractivity contribution in [3.8, 4) is 5.75 Å². The third-order valence-electron chi connectivity index (χ3n) is 4.62. The van der Waals surface area contributed by atoms with E-state index in [2.05, 4.69) is 17.0 Å². The topological polar surface area (TPSA) is 54.0 Å². The average molecular weight is 354 g/mol. The molecular formula is C21H26N2O3. The molecule has 0 bridgehead atoms. The molecule has 0 aromatic heterocycles. The molecule has 1 atom stereocenters. The highest BCUT2D eigenvalue weighted by Gasteiger charge is 2.17. The van der Waals surface area contributed by atoms with Crippen LogP contribution in [0.15, 0.2) is 66.9 Å². The first kappa shape index (κ1) is 18.5. The van der Waals surface area contributed by atoms with E-state index in [-0.39, 0.29) is 5.92 Å². The fourth-order valence-electron chi connectivity index (χ4n) is 3.18. The summed E-state index contributed by atoms with van der Waals surface area (Å²) in [6.45, 7) is 9.05. The number of ether oxygens (including phenoxy) is 2. The number of benzene rings is 2. The number of hydrogen-bond donors (Lipinski definition) is 2. The zero-order valence-electron chi connectivity index (χ0n) is 14.9. The number of nitrogens with zero attached hydrogens (tertiary/aromatic N) is 1. The quantitative estimate of drug-likeness (QED) is 0.714. The Labute approximate surface area is 154 Å². The third-order valence-corrected chi connectivity index (χ3v) is 4.62. The zero-order chi connectivity index (χ0) is 18.2. The van der Waals surface area contributed by atoms with Gasteiger partial charge in [-0.2, -0.15) is 0 Å². The van der Waals surface area contributed by atoms with E-state index >= 15 is 0 Å². The zero-order valence-corrected chi connectivity index (χ0v) is 14.9. The van der Waals surface area contributed by atoms with Crippen LogP contribution in [0.25, 0.3) is 0 Å². The molecule has 0 spiro atoms. The first-order valence-corrected chi connectivity index (χ1v) is 8.94. The summed E-state index contributed by atoms with van der Waals surface area (Å²) in [7, 11) is 0. The molecule has 5 nitrogen and oxygen atoms in total. The Bertz CT molecular complexity index is 682. The van der Waals surface area contributed by atoms with E-state index in [1.165, 1.54) is 0 Å². The molecule has 1 aliphatic rings. The number of morpholine rings is 1. The van der Waals surface area contributed by atoms with Crippen LogP contribution in [0.4, 0.5) is 0 Å². The summed E-state index contributed by atoms with van der Waals surface area (Å²) < 4.78 is 11.2. The Kier molecular flexibility index (Phi) is 6.66. The molecule has 5 heteroatoms. The monoisotopic (exact) mass is 354 g/mol. The van der Waals surface area contributed by atoms with Crippen molar-refractivity contribution in [3.05, 3.63) is 78.0 Å². The van der Waals surface area contributed by atoms with Crippen LogP contribution in [0, 0.1) is 0 Å². The maximum atomic E-state index is 9.33. The minimum atomic E-state index is -0.122. The van der Waals surface area contributed by atoms with Gasteiger partial charge >= 0.3 is 0 Å². The minimum Gasteiger partial charge on any atom is -0.492 e. The van der Waals surface area contributed by atoms with E-state index in [9.17, 15) is 5.21 Å². The molecule has 1 unspecified atom stereocenters. The molecule has 1 heterocycles. The number of allylic oxidation sites excluding steroid dienone is 1. The van der Waals surface area contributed by atoms with Crippen molar-refractivity contribution in [1.29, 1.82) is 0 Å². The Hall–Kier alpha value is -2.34. The molecule has 138 valence electrons. The molecule has 2 N–H and O–H groups in total. The molecule has 2 aromatic rings. The molecule has 26 heavy (non-hydrogen) atoms. The molecule has 1 saturated heterocycles. The second-order valence-electron chi connectivity index (χ2n) is 6.35. The normalized spacial score (nSPS) is 16.0. The SMILES string of the molecule is C=C(NO)C(c1ccccc1)c1ccc(OCCN2CCOCC2)cc1. The lowest BCUT2D eigenvalue weighted by molar-refractivity contribution is 0.0322. The highest BCUT2D eigenvalue weighted by Crippen LogP contribution is 2.30. The predicted molar refractivity (Wildman–Crippen MR) is 102 cm³/mol. The summed E-state index contributed by atoms with van der Waals surface area (Å²) in [5.74, 6) is 0.722. The summed E-state index contributed by atoms with van der Waals surface area (Å²) in [5.41, 5.74) is 4.86. The van der Waals surface area contributed by atoms with Gasteiger partial charge in [0, 0.05) is 25.3 Å². The maximum absolute atomic E-state index is 9.33. The van der Waals surface area contributed by atoms with Crippen molar-refractivity contribution in [3.63, 3.8) is 0 Å². The van der Waals surface area contributed by atoms with Gasteiger partial charge in [0.25, 0.3) is 0 Å². The van der Waals surface area contributed by atoms with Gasteiger partial charge in [-0.15, -0.1) is 0 Å². The van der Waals surface area contributed by atoms with Crippen LogP contribution in [-0.2, 0) is 4.74 Å². The van der Waals surface area contributed by atoms with Gasteiger partial charge in [0.05, 0.1) is 19.1 Å². The third kappa shape index (κ3) is 4.85. The second-order valence-corrected chi connectivity index (χ2v) is 6.35. The summed E-state index contributed by atoms with van der Waals surface area (Å²) in [6.07, 6.45) is 0. The van der Waals surface area contributed by atoms with Gasteiger partial charge in [-0.3, -0.25) is 15.6 Å². The van der Waals surface area contributed by atoms with Crippen LogP contribution in [0.1, 0.15) is 17.0 Å². The van der Waals surface area contributed by atoms with Crippen molar-refractivity contribution < 1.29 is 14.7 Å².